The maximum absolute atomic E-state index is 5.79. The van der Waals surface area contributed by atoms with E-state index in [-0.39, 0.29) is 0 Å². The summed E-state index contributed by atoms with van der Waals surface area (Å²) in [7, 11) is 0. The molecular weight excluding hydrogens is 224 g/mol. The fraction of sp³-hybridized carbons (Fsp3) is 0.636. The Labute approximate surface area is 101 Å². The van der Waals surface area contributed by atoms with Gasteiger partial charge in [0, 0.05) is 25.2 Å². The number of anilines is 1. The van der Waals surface area contributed by atoms with Crippen LogP contribution in [0.25, 0.3) is 0 Å². The molecule has 5 heteroatoms. The molecule has 1 saturated heterocycles. The zero-order chi connectivity index (χ0) is 11.4. The normalized spacial score (nSPS) is 18.6. The van der Waals surface area contributed by atoms with Gasteiger partial charge >= 0.3 is 0 Å². The molecular formula is C11H17ClN4. The summed E-state index contributed by atoms with van der Waals surface area (Å²) in [5.74, 6) is 0. The van der Waals surface area contributed by atoms with Gasteiger partial charge in [0.15, 0.2) is 5.15 Å². The van der Waals surface area contributed by atoms with Gasteiger partial charge in [-0.25, -0.2) is 0 Å². The molecule has 0 aliphatic carbocycles. The summed E-state index contributed by atoms with van der Waals surface area (Å²) in [6.07, 6.45) is 4.07. The Morgan fingerprint density at radius 3 is 2.88 bits per heavy atom. The van der Waals surface area contributed by atoms with Crippen LogP contribution in [0.4, 0.5) is 5.69 Å². The van der Waals surface area contributed by atoms with Crippen molar-refractivity contribution in [2.75, 3.05) is 25.0 Å². The molecule has 88 valence electrons. The summed E-state index contributed by atoms with van der Waals surface area (Å²) >= 11 is 5.79. The highest BCUT2D eigenvalue weighted by atomic mass is 35.5. The van der Waals surface area contributed by atoms with Crippen LogP contribution in [0.15, 0.2) is 12.3 Å². The van der Waals surface area contributed by atoms with Crippen LogP contribution >= 0.6 is 11.6 Å². The van der Waals surface area contributed by atoms with Crippen molar-refractivity contribution in [1.82, 2.24) is 15.1 Å². The van der Waals surface area contributed by atoms with Crippen LogP contribution in [0.5, 0.6) is 0 Å². The lowest BCUT2D eigenvalue weighted by atomic mass is 10.1. The van der Waals surface area contributed by atoms with Crippen LogP contribution in [0.2, 0.25) is 5.15 Å². The smallest absolute Gasteiger partial charge is 0.153 e. The Bertz CT molecular complexity index is 337. The van der Waals surface area contributed by atoms with E-state index in [1.165, 1.54) is 25.9 Å². The van der Waals surface area contributed by atoms with E-state index in [0.717, 1.165) is 12.2 Å². The molecule has 1 fully saturated rings. The molecule has 16 heavy (non-hydrogen) atoms. The molecule has 0 amide bonds. The number of aromatic nitrogens is 2. The van der Waals surface area contributed by atoms with Crippen LogP contribution in [0, 0.1) is 0 Å². The van der Waals surface area contributed by atoms with E-state index >= 15 is 0 Å². The zero-order valence-electron chi connectivity index (χ0n) is 9.49. The van der Waals surface area contributed by atoms with Gasteiger partial charge in [-0.05, 0) is 19.4 Å². The lowest BCUT2D eigenvalue weighted by Gasteiger charge is -2.31. The molecule has 0 unspecified atom stereocenters. The van der Waals surface area contributed by atoms with Crippen LogP contribution in [-0.2, 0) is 0 Å². The first-order valence-electron chi connectivity index (χ1n) is 5.75. The third-order valence-corrected chi connectivity index (χ3v) is 3.21. The summed E-state index contributed by atoms with van der Waals surface area (Å²) in [6.45, 7) is 5.69. The van der Waals surface area contributed by atoms with Gasteiger partial charge < -0.3 is 10.2 Å². The Balaban J connectivity index is 1.87. The van der Waals surface area contributed by atoms with E-state index in [2.05, 4.69) is 27.3 Å². The Hall–Kier alpha value is -0.870. The van der Waals surface area contributed by atoms with E-state index < -0.39 is 0 Å². The predicted octanol–water partition coefficient (Wildman–Crippen LogP) is 2.03. The number of nitrogens with one attached hydrogen (secondary N) is 1. The van der Waals surface area contributed by atoms with Crippen molar-refractivity contribution in [1.29, 1.82) is 0 Å². The van der Waals surface area contributed by atoms with E-state index in [0.29, 0.717) is 11.2 Å². The first-order valence-corrected chi connectivity index (χ1v) is 6.13. The molecule has 0 saturated carbocycles. The molecule has 0 atom stereocenters. The van der Waals surface area contributed by atoms with E-state index in [4.69, 9.17) is 11.6 Å². The number of piperidine rings is 1. The fourth-order valence-electron chi connectivity index (χ4n) is 2.05. The number of hydrogen-bond donors (Lipinski definition) is 1. The number of likely N-dealkylation sites (tertiary alicyclic amines) is 1. The number of halogens is 1. The average Bonchev–Trinajstić information content (AvgIpc) is 2.30. The summed E-state index contributed by atoms with van der Waals surface area (Å²) in [5, 5.41) is 11.4. The minimum atomic E-state index is 0.441. The van der Waals surface area contributed by atoms with E-state index in [9.17, 15) is 0 Å². The van der Waals surface area contributed by atoms with E-state index in [1.807, 2.05) is 6.07 Å². The molecule has 4 nitrogen and oxygen atoms in total. The molecule has 1 aliphatic rings. The van der Waals surface area contributed by atoms with Crippen molar-refractivity contribution in [3.63, 3.8) is 0 Å². The second-order valence-corrected chi connectivity index (χ2v) is 4.51. The quantitative estimate of drug-likeness (QED) is 0.878. The monoisotopic (exact) mass is 240 g/mol. The average molecular weight is 241 g/mol. The summed E-state index contributed by atoms with van der Waals surface area (Å²) < 4.78 is 0. The number of nitrogens with zero attached hydrogens (tertiary/aromatic N) is 3. The Kier molecular flexibility index (Phi) is 3.96. The first-order chi connectivity index (χ1) is 7.78. The van der Waals surface area contributed by atoms with Crippen molar-refractivity contribution in [3.05, 3.63) is 17.4 Å². The van der Waals surface area contributed by atoms with Crippen LogP contribution in [0.1, 0.15) is 19.8 Å². The SMILES string of the molecule is CCN1CCC(Nc2cnnc(Cl)c2)CC1. The van der Waals surface area contributed by atoms with Gasteiger partial charge in [-0.15, -0.1) is 5.10 Å². The highest BCUT2D eigenvalue weighted by Gasteiger charge is 2.17. The van der Waals surface area contributed by atoms with Gasteiger partial charge in [0.2, 0.25) is 0 Å². The molecule has 2 heterocycles. The molecule has 1 aromatic heterocycles. The minimum Gasteiger partial charge on any atom is -0.381 e. The minimum absolute atomic E-state index is 0.441. The number of hydrogen-bond acceptors (Lipinski definition) is 4. The van der Waals surface area contributed by atoms with Gasteiger partial charge in [-0.3, -0.25) is 0 Å². The van der Waals surface area contributed by atoms with Crippen molar-refractivity contribution < 1.29 is 0 Å². The van der Waals surface area contributed by atoms with Crippen molar-refractivity contribution in [2.45, 2.75) is 25.8 Å². The second-order valence-electron chi connectivity index (χ2n) is 4.12. The molecule has 0 spiro atoms. The molecule has 1 N–H and O–H groups in total. The van der Waals surface area contributed by atoms with E-state index in [1.54, 1.807) is 6.20 Å². The fourth-order valence-corrected chi connectivity index (χ4v) is 2.21. The Morgan fingerprint density at radius 1 is 1.50 bits per heavy atom. The van der Waals surface area contributed by atoms with Crippen molar-refractivity contribution >= 4 is 17.3 Å². The maximum Gasteiger partial charge on any atom is 0.153 e. The molecule has 1 aromatic rings. The van der Waals surface area contributed by atoms with Crippen LogP contribution in [-0.4, -0.2) is 40.8 Å². The van der Waals surface area contributed by atoms with Crippen molar-refractivity contribution in [2.24, 2.45) is 0 Å². The highest BCUT2D eigenvalue weighted by Crippen LogP contribution is 2.17. The Morgan fingerprint density at radius 2 is 2.25 bits per heavy atom. The lowest BCUT2D eigenvalue weighted by molar-refractivity contribution is 0.229. The summed E-state index contributed by atoms with van der Waals surface area (Å²) in [4.78, 5) is 2.47. The first kappa shape index (κ1) is 11.6. The van der Waals surface area contributed by atoms with Crippen LogP contribution < -0.4 is 5.32 Å². The van der Waals surface area contributed by atoms with Gasteiger partial charge in [0.25, 0.3) is 0 Å². The summed E-state index contributed by atoms with van der Waals surface area (Å²) in [5.41, 5.74) is 0.968. The van der Waals surface area contributed by atoms with Crippen LogP contribution in [0.3, 0.4) is 0 Å². The van der Waals surface area contributed by atoms with Gasteiger partial charge in [-0.1, -0.05) is 18.5 Å². The standard InChI is InChI=1S/C11H17ClN4/c1-2-16-5-3-9(4-6-16)14-10-7-11(12)15-13-8-10/h7-9H,2-6H2,1H3,(H,14,15). The molecule has 2 rings (SSSR count). The molecule has 1 aliphatic heterocycles. The number of rotatable bonds is 3. The second kappa shape index (κ2) is 5.46. The zero-order valence-corrected chi connectivity index (χ0v) is 10.2. The van der Waals surface area contributed by atoms with Gasteiger partial charge in [0.1, 0.15) is 0 Å². The van der Waals surface area contributed by atoms with Gasteiger partial charge in [0.05, 0.1) is 11.9 Å². The predicted molar refractivity (Wildman–Crippen MR) is 65.8 cm³/mol. The maximum atomic E-state index is 5.79. The molecule has 0 aromatic carbocycles. The highest BCUT2D eigenvalue weighted by molar-refractivity contribution is 6.29. The lowest BCUT2D eigenvalue weighted by Crippen LogP contribution is -2.38. The van der Waals surface area contributed by atoms with Crippen molar-refractivity contribution in [3.8, 4) is 0 Å². The molecule has 0 bridgehead atoms. The summed E-state index contributed by atoms with van der Waals surface area (Å²) in [6, 6.07) is 2.35. The third-order valence-electron chi connectivity index (χ3n) is 3.03. The molecule has 0 radical (unpaired) electrons. The van der Waals surface area contributed by atoms with Gasteiger partial charge in [-0.2, -0.15) is 5.10 Å². The third kappa shape index (κ3) is 3.06. The largest absolute Gasteiger partial charge is 0.381 e. The topological polar surface area (TPSA) is 41.0 Å².